The van der Waals surface area contributed by atoms with Crippen LogP contribution in [0.5, 0.6) is 0 Å². The highest BCUT2D eigenvalue weighted by Gasteiger charge is 2.10. The van der Waals surface area contributed by atoms with Gasteiger partial charge in [0.1, 0.15) is 0 Å². The Morgan fingerprint density at radius 2 is 2.23 bits per heavy atom. The van der Waals surface area contributed by atoms with Gasteiger partial charge in [-0.15, -0.1) is 11.8 Å². The number of hydrogen-bond donors (Lipinski definition) is 1. The second-order valence-electron chi connectivity index (χ2n) is 2.65. The minimum Gasteiger partial charge on any atom is -0.480 e. The quantitative estimate of drug-likeness (QED) is 0.799. The number of thioether (sulfide) groups is 1. The Morgan fingerprint density at radius 3 is 2.77 bits per heavy atom. The molecule has 0 saturated heterocycles. The SMILES string of the molecule is CC(SCc1ccncc1)C(=O)O. The fourth-order valence-electron chi connectivity index (χ4n) is 0.772. The standard InChI is InChI=1S/C9H11NO2S/c1-7(9(11)12)13-6-8-2-4-10-5-3-8/h2-5,7H,6H2,1H3,(H,11,12). The molecule has 1 N–H and O–H groups in total. The van der Waals surface area contributed by atoms with Crippen LogP contribution in [0.3, 0.4) is 0 Å². The van der Waals surface area contributed by atoms with E-state index >= 15 is 0 Å². The van der Waals surface area contributed by atoms with Crippen LogP contribution in [0.15, 0.2) is 24.5 Å². The highest BCUT2D eigenvalue weighted by molar-refractivity contribution is 7.99. The van der Waals surface area contributed by atoms with Gasteiger partial charge in [0.25, 0.3) is 0 Å². The van der Waals surface area contributed by atoms with Crippen LogP contribution < -0.4 is 0 Å². The molecule has 1 unspecified atom stereocenters. The summed E-state index contributed by atoms with van der Waals surface area (Å²) >= 11 is 1.41. The van der Waals surface area contributed by atoms with Crippen LogP contribution in [0.25, 0.3) is 0 Å². The third-order valence-corrected chi connectivity index (χ3v) is 2.80. The van der Waals surface area contributed by atoms with Crippen LogP contribution in [-0.2, 0) is 10.5 Å². The van der Waals surface area contributed by atoms with Crippen molar-refractivity contribution in [3.05, 3.63) is 30.1 Å². The molecule has 0 aliphatic rings. The first kappa shape index (κ1) is 10.1. The van der Waals surface area contributed by atoms with Gasteiger partial charge in [-0.2, -0.15) is 0 Å². The molecular weight excluding hydrogens is 186 g/mol. The summed E-state index contributed by atoms with van der Waals surface area (Å²) in [7, 11) is 0. The number of carboxylic acid groups (broad SMARTS) is 1. The summed E-state index contributed by atoms with van der Waals surface area (Å²) in [4.78, 5) is 14.4. The van der Waals surface area contributed by atoms with Crippen molar-refractivity contribution in [3.63, 3.8) is 0 Å². The number of nitrogens with zero attached hydrogens (tertiary/aromatic N) is 1. The number of aromatic nitrogens is 1. The van der Waals surface area contributed by atoms with Crippen molar-refractivity contribution in [2.24, 2.45) is 0 Å². The first-order valence-corrected chi connectivity index (χ1v) is 4.98. The van der Waals surface area contributed by atoms with Crippen LogP contribution in [0, 0.1) is 0 Å². The molecule has 0 radical (unpaired) electrons. The Labute approximate surface area is 81.2 Å². The third-order valence-electron chi connectivity index (χ3n) is 1.60. The van der Waals surface area contributed by atoms with Gasteiger partial charge in [-0.1, -0.05) is 0 Å². The van der Waals surface area contributed by atoms with Crippen molar-refractivity contribution >= 4 is 17.7 Å². The Morgan fingerprint density at radius 1 is 1.62 bits per heavy atom. The summed E-state index contributed by atoms with van der Waals surface area (Å²) in [6.45, 7) is 1.69. The number of carbonyl (C=O) groups is 1. The Hall–Kier alpha value is -1.03. The van der Waals surface area contributed by atoms with E-state index in [2.05, 4.69) is 4.98 Å². The molecule has 0 fully saturated rings. The van der Waals surface area contributed by atoms with Crippen molar-refractivity contribution in [1.82, 2.24) is 4.98 Å². The number of carboxylic acids is 1. The lowest BCUT2D eigenvalue weighted by atomic mass is 10.3. The fraction of sp³-hybridized carbons (Fsp3) is 0.333. The van der Waals surface area contributed by atoms with Crippen LogP contribution in [0.1, 0.15) is 12.5 Å². The first-order chi connectivity index (χ1) is 6.20. The molecule has 4 heteroatoms. The van der Waals surface area contributed by atoms with E-state index in [9.17, 15) is 4.79 Å². The minimum atomic E-state index is -0.765. The van der Waals surface area contributed by atoms with Gasteiger partial charge in [0.05, 0.1) is 5.25 Å². The molecule has 13 heavy (non-hydrogen) atoms. The number of aliphatic carboxylic acids is 1. The van der Waals surface area contributed by atoms with E-state index < -0.39 is 5.97 Å². The van der Waals surface area contributed by atoms with Crippen LogP contribution in [0.2, 0.25) is 0 Å². The van der Waals surface area contributed by atoms with Gasteiger partial charge in [0.2, 0.25) is 0 Å². The van der Waals surface area contributed by atoms with Gasteiger partial charge in [0, 0.05) is 18.1 Å². The molecule has 1 aromatic rings. The molecule has 0 saturated carbocycles. The van der Waals surface area contributed by atoms with E-state index in [0.29, 0.717) is 0 Å². The normalized spacial score (nSPS) is 12.4. The molecule has 1 rings (SSSR count). The Kier molecular flexibility index (Phi) is 3.76. The second-order valence-corrected chi connectivity index (χ2v) is 3.98. The Balaban J connectivity index is 2.39. The summed E-state index contributed by atoms with van der Waals surface area (Å²) in [6, 6.07) is 3.78. The zero-order valence-electron chi connectivity index (χ0n) is 7.30. The van der Waals surface area contributed by atoms with Gasteiger partial charge in [0.15, 0.2) is 0 Å². The van der Waals surface area contributed by atoms with E-state index in [0.717, 1.165) is 11.3 Å². The zero-order chi connectivity index (χ0) is 9.68. The minimum absolute atomic E-state index is 0.354. The summed E-state index contributed by atoms with van der Waals surface area (Å²) < 4.78 is 0. The van der Waals surface area contributed by atoms with E-state index in [4.69, 9.17) is 5.11 Å². The smallest absolute Gasteiger partial charge is 0.316 e. The van der Waals surface area contributed by atoms with Crippen LogP contribution in [0.4, 0.5) is 0 Å². The molecule has 0 aliphatic carbocycles. The van der Waals surface area contributed by atoms with Crippen molar-refractivity contribution in [3.8, 4) is 0 Å². The maximum absolute atomic E-state index is 10.5. The van der Waals surface area contributed by atoms with Crippen molar-refractivity contribution < 1.29 is 9.90 Å². The predicted molar refractivity (Wildman–Crippen MR) is 52.6 cm³/mol. The lowest BCUT2D eigenvalue weighted by Crippen LogP contribution is -2.11. The summed E-state index contributed by atoms with van der Waals surface area (Å²) in [5.41, 5.74) is 1.10. The molecule has 0 amide bonds. The molecule has 0 aromatic carbocycles. The molecule has 0 spiro atoms. The van der Waals surface area contributed by atoms with Gasteiger partial charge >= 0.3 is 5.97 Å². The van der Waals surface area contributed by atoms with E-state index in [1.165, 1.54) is 11.8 Å². The van der Waals surface area contributed by atoms with Gasteiger partial charge in [-0.25, -0.2) is 0 Å². The zero-order valence-corrected chi connectivity index (χ0v) is 8.12. The molecule has 1 heterocycles. The summed E-state index contributed by atoms with van der Waals surface area (Å²) in [6.07, 6.45) is 3.42. The largest absolute Gasteiger partial charge is 0.480 e. The van der Waals surface area contributed by atoms with Crippen molar-refractivity contribution in [1.29, 1.82) is 0 Å². The van der Waals surface area contributed by atoms with E-state index in [-0.39, 0.29) is 5.25 Å². The van der Waals surface area contributed by atoms with Crippen molar-refractivity contribution in [2.45, 2.75) is 17.9 Å². The van der Waals surface area contributed by atoms with Crippen LogP contribution in [-0.4, -0.2) is 21.3 Å². The van der Waals surface area contributed by atoms with E-state index in [1.54, 1.807) is 19.3 Å². The maximum Gasteiger partial charge on any atom is 0.316 e. The topological polar surface area (TPSA) is 50.2 Å². The van der Waals surface area contributed by atoms with Gasteiger partial charge in [-0.3, -0.25) is 9.78 Å². The second kappa shape index (κ2) is 4.87. The predicted octanol–water partition coefficient (Wildman–Crippen LogP) is 1.79. The maximum atomic E-state index is 10.5. The van der Waals surface area contributed by atoms with Crippen LogP contribution >= 0.6 is 11.8 Å². The molecule has 0 bridgehead atoms. The Bertz CT molecular complexity index is 276. The third kappa shape index (κ3) is 3.46. The lowest BCUT2D eigenvalue weighted by Gasteiger charge is -2.04. The summed E-state index contributed by atoms with van der Waals surface area (Å²) in [5, 5.41) is 8.27. The molecule has 1 atom stereocenters. The van der Waals surface area contributed by atoms with Crippen molar-refractivity contribution in [2.75, 3.05) is 0 Å². The fourth-order valence-corrected chi connectivity index (χ4v) is 1.55. The molecule has 70 valence electrons. The summed E-state index contributed by atoms with van der Waals surface area (Å²) in [5.74, 6) is -0.0465. The number of rotatable bonds is 4. The highest BCUT2D eigenvalue weighted by atomic mass is 32.2. The number of hydrogen-bond acceptors (Lipinski definition) is 3. The van der Waals surface area contributed by atoms with Gasteiger partial charge in [-0.05, 0) is 24.6 Å². The van der Waals surface area contributed by atoms with Gasteiger partial charge < -0.3 is 5.11 Å². The average molecular weight is 197 g/mol. The molecule has 0 aliphatic heterocycles. The molecular formula is C9H11NO2S. The first-order valence-electron chi connectivity index (χ1n) is 3.93. The number of pyridine rings is 1. The van der Waals surface area contributed by atoms with E-state index in [1.807, 2.05) is 12.1 Å². The molecule has 3 nitrogen and oxygen atoms in total. The highest BCUT2D eigenvalue weighted by Crippen LogP contribution is 2.16. The lowest BCUT2D eigenvalue weighted by molar-refractivity contribution is -0.136. The monoisotopic (exact) mass is 197 g/mol. The average Bonchev–Trinajstić information content (AvgIpc) is 2.15. The molecule has 1 aromatic heterocycles.